The number of benzene rings is 2. The molecule has 100 valence electrons. The molecule has 0 radical (unpaired) electrons. The molecule has 0 aromatic heterocycles. The molecule has 0 saturated heterocycles. The van der Waals surface area contributed by atoms with Crippen molar-refractivity contribution in [1.82, 2.24) is 5.43 Å². The lowest BCUT2D eigenvalue weighted by Crippen LogP contribution is -2.27. The summed E-state index contributed by atoms with van der Waals surface area (Å²) in [5.41, 5.74) is 5.06. The number of carbonyl (C=O) groups is 1. The van der Waals surface area contributed by atoms with E-state index < -0.39 is 0 Å². The summed E-state index contributed by atoms with van der Waals surface area (Å²) in [6, 6.07) is 16.5. The van der Waals surface area contributed by atoms with Gasteiger partial charge >= 0.3 is 0 Å². The molecule has 0 aliphatic carbocycles. The van der Waals surface area contributed by atoms with E-state index in [1.807, 2.05) is 30.3 Å². The Hall–Kier alpha value is -2.95. The summed E-state index contributed by atoms with van der Waals surface area (Å²) in [4.78, 5) is 17.2. The third-order valence-electron chi connectivity index (χ3n) is 2.82. The average Bonchev–Trinajstić information content (AvgIpc) is 3.03. The number of para-hydroxylation sites is 1. The molecule has 3 rings (SSSR count). The Bertz CT molecular complexity index is 615. The molecule has 1 aliphatic rings. The molecule has 2 N–H and O–H groups in total. The van der Waals surface area contributed by atoms with Crippen LogP contribution in [0, 0.1) is 0 Å². The van der Waals surface area contributed by atoms with Gasteiger partial charge in [0.2, 0.25) is 0 Å². The van der Waals surface area contributed by atoms with Crippen LogP contribution in [0.3, 0.4) is 0 Å². The molecule has 20 heavy (non-hydrogen) atoms. The summed E-state index contributed by atoms with van der Waals surface area (Å²) >= 11 is 0. The summed E-state index contributed by atoms with van der Waals surface area (Å²) in [7, 11) is 0. The lowest BCUT2D eigenvalue weighted by Gasteiger charge is -2.16. The van der Waals surface area contributed by atoms with Gasteiger partial charge in [-0.3, -0.25) is 10.2 Å². The fourth-order valence-corrected chi connectivity index (χ4v) is 1.83. The highest BCUT2D eigenvalue weighted by atomic mass is 16.7. The molecule has 0 unspecified atom stereocenters. The van der Waals surface area contributed by atoms with Gasteiger partial charge in [0.1, 0.15) is 6.26 Å². The van der Waals surface area contributed by atoms with Crippen molar-refractivity contribution in [2.75, 3.05) is 10.5 Å². The van der Waals surface area contributed by atoms with Crippen LogP contribution in [0.4, 0.5) is 11.4 Å². The number of nitrogens with one attached hydrogen (secondary N) is 2. The monoisotopic (exact) mass is 267 g/mol. The second-order valence-electron chi connectivity index (χ2n) is 4.20. The summed E-state index contributed by atoms with van der Waals surface area (Å²) in [5, 5.41) is 4.33. The highest BCUT2D eigenvalue weighted by Gasteiger charge is 2.10. The molecule has 1 amide bonds. The summed E-state index contributed by atoms with van der Waals surface area (Å²) in [6.45, 7) is 0. The maximum absolute atomic E-state index is 12.1. The van der Waals surface area contributed by atoms with E-state index in [1.54, 1.807) is 30.5 Å². The van der Waals surface area contributed by atoms with Crippen LogP contribution in [0.25, 0.3) is 0 Å². The van der Waals surface area contributed by atoms with E-state index in [0.717, 1.165) is 11.4 Å². The fraction of sp³-hybridized carbons (Fsp3) is 0. The predicted octanol–water partition coefficient (Wildman–Crippen LogP) is 2.67. The van der Waals surface area contributed by atoms with Crippen LogP contribution >= 0.6 is 0 Å². The van der Waals surface area contributed by atoms with Crippen molar-refractivity contribution in [3.63, 3.8) is 0 Å². The first-order valence-electron chi connectivity index (χ1n) is 6.17. The van der Waals surface area contributed by atoms with Crippen molar-refractivity contribution in [2.45, 2.75) is 0 Å². The lowest BCUT2D eigenvalue weighted by atomic mass is 10.2. The molecule has 1 heterocycles. The zero-order valence-corrected chi connectivity index (χ0v) is 10.6. The molecule has 1 aliphatic heterocycles. The number of hydrazine groups is 1. The quantitative estimate of drug-likeness (QED) is 0.897. The number of anilines is 2. The Kier molecular flexibility index (Phi) is 3.24. The van der Waals surface area contributed by atoms with Crippen LogP contribution in [-0.2, 0) is 4.84 Å². The van der Waals surface area contributed by atoms with E-state index in [2.05, 4.69) is 10.7 Å². The van der Waals surface area contributed by atoms with E-state index in [0.29, 0.717) is 5.56 Å². The Morgan fingerprint density at radius 3 is 2.45 bits per heavy atom. The van der Waals surface area contributed by atoms with E-state index in [1.165, 1.54) is 11.4 Å². The Morgan fingerprint density at radius 2 is 1.80 bits per heavy atom. The van der Waals surface area contributed by atoms with Crippen molar-refractivity contribution in [3.05, 3.63) is 72.6 Å². The molecule has 0 fully saturated rings. The van der Waals surface area contributed by atoms with Crippen LogP contribution < -0.4 is 15.9 Å². The van der Waals surface area contributed by atoms with E-state index in [-0.39, 0.29) is 5.91 Å². The first kappa shape index (κ1) is 12.1. The van der Waals surface area contributed by atoms with Crippen molar-refractivity contribution in [3.8, 4) is 0 Å². The summed E-state index contributed by atoms with van der Waals surface area (Å²) in [6.07, 6.45) is 3.21. The van der Waals surface area contributed by atoms with Crippen molar-refractivity contribution < 1.29 is 9.63 Å². The minimum Gasteiger partial charge on any atom is -0.366 e. The average molecular weight is 267 g/mol. The SMILES string of the molecule is O=C(Nc1ccccc1)c1ccc(N2NC=CO2)cc1. The summed E-state index contributed by atoms with van der Waals surface area (Å²) in [5.74, 6) is -0.142. The molecule has 5 nitrogen and oxygen atoms in total. The van der Waals surface area contributed by atoms with E-state index >= 15 is 0 Å². The third kappa shape index (κ3) is 2.56. The van der Waals surface area contributed by atoms with Gasteiger partial charge in [0.15, 0.2) is 0 Å². The lowest BCUT2D eigenvalue weighted by molar-refractivity contribution is 0.102. The number of hydrogen-bond acceptors (Lipinski definition) is 4. The van der Waals surface area contributed by atoms with Gasteiger partial charge in [-0.1, -0.05) is 18.2 Å². The molecule has 5 heteroatoms. The first-order valence-corrected chi connectivity index (χ1v) is 6.17. The molecule has 0 bridgehead atoms. The second kappa shape index (κ2) is 5.36. The topological polar surface area (TPSA) is 53.6 Å². The zero-order chi connectivity index (χ0) is 13.8. The van der Waals surface area contributed by atoms with Crippen molar-refractivity contribution in [2.24, 2.45) is 0 Å². The number of hydrogen-bond donors (Lipinski definition) is 2. The zero-order valence-electron chi connectivity index (χ0n) is 10.6. The number of nitrogens with zero attached hydrogens (tertiary/aromatic N) is 1. The van der Waals surface area contributed by atoms with Crippen LogP contribution in [-0.4, -0.2) is 5.91 Å². The maximum Gasteiger partial charge on any atom is 0.255 e. The Morgan fingerprint density at radius 1 is 1.05 bits per heavy atom. The smallest absolute Gasteiger partial charge is 0.255 e. The highest BCUT2D eigenvalue weighted by Crippen LogP contribution is 2.17. The molecular formula is C15H13N3O2. The van der Waals surface area contributed by atoms with Crippen molar-refractivity contribution >= 4 is 17.3 Å². The third-order valence-corrected chi connectivity index (χ3v) is 2.82. The molecule has 0 atom stereocenters. The highest BCUT2D eigenvalue weighted by molar-refractivity contribution is 6.04. The number of rotatable bonds is 3. The second-order valence-corrected chi connectivity index (χ2v) is 4.20. The van der Waals surface area contributed by atoms with Gasteiger partial charge in [-0.25, -0.2) is 0 Å². The Labute approximate surface area is 116 Å². The van der Waals surface area contributed by atoms with Gasteiger partial charge in [0, 0.05) is 11.3 Å². The molecular weight excluding hydrogens is 254 g/mol. The molecule has 0 saturated carbocycles. The number of amides is 1. The van der Waals surface area contributed by atoms with Gasteiger partial charge in [-0.2, -0.15) is 0 Å². The minimum absolute atomic E-state index is 0.142. The summed E-state index contributed by atoms with van der Waals surface area (Å²) < 4.78 is 0. The largest absolute Gasteiger partial charge is 0.366 e. The van der Waals surface area contributed by atoms with Gasteiger partial charge in [0.25, 0.3) is 5.91 Å². The molecule has 2 aromatic carbocycles. The Balaban J connectivity index is 1.69. The standard InChI is InChI=1S/C15H13N3O2/c19-15(17-13-4-2-1-3-5-13)12-6-8-14(9-7-12)18-16-10-11-20-18/h1-11,16H,(H,17,19). The van der Waals surface area contributed by atoms with Crippen LogP contribution in [0.1, 0.15) is 10.4 Å². The van der Waals surface area contributed by atoms with Gasteiger partial charge in [0.05, 0.1) is 11.9 Å². The van der Waals surface area contributed by atoms with Crippen molar-refractivity contribution in [1.29, 1.82) is 0 Å². The van der Waals surface area contributed by atoms with Crippen LogP contribution in [0.15, 0.2) is 67.1 Å². The predicted molar refractivity (Wildman–Crippen MR) is 76.7 cm³/mol. The molecule has 2 aromatic rings. The fourth-order valence-electron chi connectivity index (χ4n) is 1.83. The van der Waals surface area contributed by atoms with Gasteiger partial charge < -0.3 is 10.2 Å². The molecule has 0 spiro atoms. The number of carbonyl (C=O) groups excluding carboxylic acids is 1. The maximum atomic E-state index is 12.1. The first-order chi connectivity index (χ1) is 9.83. The minimum atomic E-state index is -0.142. The normalized spacial score (nSPS) is 12.7. The van der Waals surface area contributed by atoms with Crippen LogP contribution in [0.5, 0.6) is 0 Å². The van der Waals surface area contributed by atoms with Crippen LogP contribution in [0.2, 0.25) is 0 Å². The van der Waals surface area contributed by atoms with E-state index in [9.17, 15) is 4.79 Å². The van der Waals surface area contributed by atoms with Gasteiger partial charge in [-0.15, -0.1) is 5.17 Å². The van der Waals surface area contributed by atoms with Gasteiger partial charge in [-0.05, 0) is 36.4 Å². The van der Waals surface area contributed by atoms with E-state index in [4.69, 9.17) is 4.84 Å².